The fourth-order valence-corrected chi connectivity index (χ4v) is 4.19. The Bertz CT molecular complexity index is 363. The molecule has 6 heteroatoms. The monoisotopic (exact) mass is 316 g/mol. The van der Waals surface area contributed by atoms with Crippen LogP contribution in [-0.4, -0.2) is 56.2 Å². The number of aliphatic hydroxyl groups excluding tert-OH is 1. The number of ether oxygens (including phenoxy) is 2. The first-order valence-electron chi connectivity index (χ1n) is 8.78. The van der Waals surface area contributed by atoms with Crippen molar-refractivity contribution in [3.8, 4) is 0 Å². The fraction of sp³-hybridized carbons (Fsp3) is 1.00. The van der Waals surface area contributed by atoms with Crippen molar-refractivity contribution >= 4 is 7.85 Å². The molecule has 6 unspecified atom stereocenters. The van der Waals surface area contributed by atoms with Gasteiger partial charge in [-0.05, 0) is 56.8 Å². The smallest absolute Gasteiger partial charge is 0.160 e. The second-order valence-corrected chi connectivity index (χ2v) is 7.42. The van der Waals surface area contributed by atoms with Crippen molar-refractivity contribution in [2.75, 3.05) is 6.61 Å². The lowest BCUT2D eigenvalue weighted by molar-refractivity contribution is -0.171. The molecule has 1 aliphatic heterocycles. The van der Waals surface area contributed by atoms with E-state index in [-0.39, 0.29) is 18.0 Å². The molecule has 6 atom stereocenters. The number of hydrogen-bond donors (Lipinski definition) is 1. The lowest BCUT2D eigenvalue weighted by Gasteiger charge is -2.45. The molecule has 22 heavy (non-hydrogen) atoms. The van der Waals surface area contributed by atoms with E-state index in [4.69, 9.17) is 9.47 Å². The van der Waals surface area contributed by atoms with E-state index in [2.05, 4.69) is 0 Å². The lowest BCUT2D eigenvalue weighted by atomic mass is 9.75. The molecular weight excluding hydrogens is 289 g/mol. The Balaban J connectivity index is 1.51. The molecule has 126 valence electrons. The summed E-state index contributed by atoms with van der Waals surface area (Å²) >= 11 is 0. The zero-order chi connectivity index (χ0) is 15.7. The van der Waals surface area contributed by atoms with Crippen molar-refractivity contribution < 1.29 is 23.4 Å². The van der Waals surface area contributed by atoms with Gasteiger partial charge >= 0.3 is 0 Å². The van der Waals surface area contributed by atoms with Gasteiger partial charge < -0.3 is 14.6 Å². The molecule has 0 aromatic heterocycles. The summed E-state index contributed by atoms with van der Waals surface area (Å²) in [7, 11) is 1.93. The number of fused-ring (bicyclic) bond motifs is 1. The third-order valence-electron chi connectivity index (χ3n) is 5.67. The second kappa shape index (κ2) is 7.14. The van der Waals surface area contributed by atoms with Crippen molar-refractivity contribution in [3.63, 3.8) is 0 Å². The van der Waals surface area contributed by atoms with E-state index >= 15 is 0 Å². The van der Waals surface area contributed by atoms with Crippen LogP contribution in [0.3, 0.4) is 0 Å². The number of hydrogen-bond acceptors (Lipinski definition) is 3. The van der Waals surface area contributed by atoms with Crippen molar-refractivity contribution in [1.82, 2.24) is 0 Å². The summed E-state index contributed by atoms with van der Waals surface area (Å²) in [5.74, 6) is 0.449. The van der Waals surface area contributed by atoms with Crippen LogP contribution in [0.15, 0.2) is 0 Å². The Morgan fingerprint density at radius 1 is 1.05 bits per heavy atom. The molecule has 1 heterocycles. The molecule has 0 aromatic rings. The number of alkyl halides is 2. The van der Waals surface area contributed by atoms with E-state index in [1.807, 2.05) is 7.85 Å². The van der Waals surface area contributed by atoms with Gasteiger partial charge in [0.25, 0.3) is 0 Å². The molecule has 3 fully saturated rings. The van der Waals surface area contributed by atoms with Crippen molar-refractivity contribution in [2.45, 2.75) is 81.6 Å². The number of rotatable bonds is 3. The van der Waals surface area contributed by atoms with Gasteiger partial charge in [0, 0.05) is 12.6 Å². The van der Waals surface area contributed by atoms with Crippen LogP contribution in [0.2, 0.25) is 0 Å². The van der Waals surface area contributed by atoms with E-state index in [9.17, 15) is 13.9 Å². The molecule has 3 nitrogen and oxygen atoms in total. The Morgan fingerprint density at radius 3 is 2.50 bits per heavy atom. The van der Waals surface area contributed by atoms with Gasteiger partial charge in [-0.1, -0.05) is 0 Å². The maximum absolute atomic E-state index is 14.3. The topological polar surface area (TPSA) is 38.7 Å². The molecule has 0 spiro atoms. The molecule has 0 bridgehead atoms. The van der Waals surface area contributed by atoms with Gasteiger partial charge in [0.1, 0.15) is 7.85 Å². The quantitative estimate of drug-likeness (QED) is 0.807. The summed E-state index contributed by atoms with van der Waals surface area (Å²) < 4.78 is 40.1. The third kappa shape index (κ3) is 3.65. The highest BCUT2D eigenvalue weighted by Gasteiger charge is 2.49. The first-order chi connectivity index (χ1) is 10.5. The SMILES string of the molecule is BC1CCC2CC(OCC3CCC(O)CC3)C(F)C(F)C2O1. The Hall–Kier alpha value is -0.195. The largest absolute Gasteiger partial charge is 0.393 e. The number of halogens is 2. The lowest BCUT2D eigenvalue weighted by Crippen LogP contribution is -2.54. The molecule has 1 N–H and O–H groups in total. The first kappa shape index (κ1) is 16.7. The summed E-state index contributed by atoms with van der Waals surface area (Å²) in [4.78, 5) is 0. The average molecular weight is 316 g/mol. The zero-order valence-electron chi connectivity index (χ0n) is 13.3. The van der Waals surface area contributed by atoms with Crippen LogP contribution in [0.5, 0.6) is 0 Å². The van der Waals surface area contributed by atoms with Gasteiger partial charge in [-0.25, -0.2) is 8.78 Å². The highest BCUT2D eigenvalue weighted by atomic mass is 19.2. The zero-order valence-corrected chi connectivity index (χ0v) is 13.3. The minimum absolute atomic E-state index is 0.0258. The van der Waals surface area contributed by atoms with Gasteiger partial charge in [0.05, 0.1) is 18.3 Å². The minimum Gasteiger partial charge on any atom is -0.393 e. The van der Waals surface area contributed by atoms with E-state index < -0.39 is 24.6 Å². The highest BCUT2D eigenvalue weighted by molar-refractivity contribution is 6.11. The van der Waals surface area contributed by atoms with E-state index in [1.54, 1.807) is 0 Å². The molecule has 3 rings (SSSR count). The summed E-state index contributed by atoms with van der Waals surface area (Å²) in [6.45, 7) is 0.485. The van der Waals surface area contributed by atoms with Crippen LogP contribution in [0, 0.1) is 11.8 Å². The average Bonchev–Trinajstić information content (AvgIpc) is 2.52. The highest BCUT2D eigenvalue weighted by Crippen LogP contribution is 2.39. The standard InChI is InChI=1S/C16H27BF2O3/c17-13-6-3-10-7-12(14(18)15(19)16(10)22-13)21-8-9-1-4-11(20)5-2-9/h9-16,20H,1-8,17H2. The second-order valence-electron chi connectivity index (χ2n) is 7.42. The summed E-state index contributed by atoms with van der Waals surface area (Å²) in [6.07, 6.45) is 1.20. The summed E-state index contributed by atoms with van der Waals surface area (Å²) in [5.41, 5.74) is 0. The molecule has 2 saturated carbocycles. The van der Waals surface area contributed by atoms with Crippen molar-refractivity contribution in [3.05, 3.63) is 0 Å². The van der Waals surface area contributed by atoms with Crippen molar-refractivity contribution in [2.24, 2.45) is 11.8 Å². The van der Waals surface area contributed by atoms with E-state index in [0.717, 1.165) is 38.5 Å². The maximum atomic E-state index is 14.3. The van der Waals surface area contributed by atoms with Crippen LogP contribution < -0.4 is 0 Å². The van der Waals surface area contributed by atoms with Crippen LogP contribution in [0.25, 0.3) is 0 Å². The van der Waals surface area contributed by atoms with Gasteiger partial charge in [-0.3, -0.25) is 0 Å². The molecule has 0 amide bonds. The third-order valence-corrected chi connectivity index (χ3v) is 5.67. The van der Waals surface area contributed by atoms with Gasteiger partial charge in [0.2, 0.25) is 0 Å². The van der Waals surface area contributed by atoms with E-state index in [1.165, 1.54) is 0 Å². The molecule has 1 saturated heterocycles. The van der Waals surface area contributed by atoms with Crippen molar-refractivity contribution in [1.29, 1.82) is 0 Å². The van der Waals surface area contributed by atoms with Gasteiger partial charge in [-0.2, -0.15) is 0 Å². The Morgan fingerprint density at radius 2 is 1.77 bits per heavy atom. The van der Waals surface area contributed by atoms with Gasteiger partial charge in [0.15, 0.2) is 12.3 Å². The van der Waals surface area contributed by atoms with Crippen LogP contribution in [0.1, 0.15) is 44.9 Å². The maximum Gasteiger partial charge on any atom is 0.160 e. The number of aliphatic hydroxyl groups is 1. The minimum atomic E-state index is -1.58. The molecule has 2 aliphatic carbocycles. The first-order valence-corrected chi connectivity index (χ1v) is 8.78. The predicted octanol–water partition coefficient (Wildman–Crippen LogP) is 1.76. The molecule has 3 aliphatic rings. The van der Waals surface area contributed by atoms with Crippen LogP contribution in [-0.2, 0) is 9.47 Å². The Labute approximate surface area is 132 Å². The molecule has 0 aromatic carbocycles. The summed E-state index contributed by atoms with van der Waals surface area (Å²) in [6, 6.07) is 0.0258. The molecule has 0 radical (unpaired) electrons. The normalized spacial score (nSPS) is 49.6. The van der Waals surface area contributed by atoms with Gasteiger partial charge in [-0.15, -0.1) is 0 Å². The summed E-state index contributed by atoms with van der Waals surface area (Å²) in [5, 5.41) is 9.51. The fourth-order valence-electron chi connectivity index (χ4n) is 4.19. The molecular formula is C16H27BF2O3. The predicted molar refractivity (Wildman–Crippen MR) is 82.0 cm³/mol. The van der Waals surface area contributed by atoms with Crippen LogP contribution in [0.4, 0.5) is 8.78 Å². The Kier molecular flexibility index (Phi) is 5.41. The van der Waals surface area contributed by atoms with Crippen LogP contribution >= 0.6 is 0 Å². The van der Waals surface area contributed by atoms with E-state index in [0.29, 0.717) is 18.9 Å².